The van der Waals surface area contributed by atoms with Crippen LogP contribution in [0.5, 0.6) is 0 Å². The standard InChI is InChI=1S/C12H24N4O.ClH/c1-12(4-5-14-8-12)9-16-6-3-10(7-16)15-11(17)13-2;/h10,14H,3-9H2,1-2H3,(H2,13,15,17);1H. The molecule has 0 bridgehead atoms. The molecular formula is C12H25ClN4O. The lowest BCUT2D eigenvalue weighted by Crippen LogP contribution is -2.43. The highest BCUT2D eigenvalue weighted by Crippen LogP contribution is 2.27. The van der Waals surface area contributed by atoms with Crippen LogP contribution in [0.3, 0.4) is 0 Å². The van der Waals surface area contributed by atoms with Crippen LogP contribution < -0.4 is 16.0 Å². The van der Waals surface area contributed by atoms with E-state index in [0.29, 0.717) is 11.5 Å². The minimum absolute atomic E-state index is 0. The lowest BCUT2D eigenvalue weighted by molar-refractivity contribution is 0.204. The Kier molecular flexibility index (Phi) is 5.69. The number of carbonyl (C=O) groups excluding carboxylic acids is 1. The summed E-state index contributed by atoms with van der Waals surface area (Å²) in [5.74, 6) is 0. The molecule has 2 saturated heterocycles. The Balaban J connectivity index is 0.00000162. The zero-order valence-corrected chi connectivity index (χ0v) is 12.1. The second kappa shape index (κ2) is 6.59. The number of nitrogens with one attached hydrogen (secondary N) is 3. The monoisotopic (exact) mass is 276 g/mol. The molecule has 2 atom stereocenters. The fraction of sp³-hybridized carbons (Fsp3) is 0.917. The van der Waals surface area contributed by atoms with Gasteiger partial charge in [0.25, 0.3) is 0 Å². The molecule has 5 nitrogen and oxygen atoms in total. The van der Waals surface area contributed by atoms with Crippen LogP contribution in [0.1, 0.15) is 19.8 Å². The molecule has 0 spiro atoms. The van der Waals surface area contributed by atoms with Gasteiger partial charge < -0.3 is 20.9 Å². The summed E-state index contributed by atoms with van der Waals surface area (Å²) in [4.78, 5) is 13.7. The number of likely N-dealkylation sites (tertiary alicyclic amines) is 1. The summed E-state index contributed by atoms with van der Waals surface area (Å²) < 4.78 is 0. The molecule has 3 N–H and O–H groups in total. The van der Waals surface area contributed by atoms with Crippen molar-refractivity contribution in [1.82, 2.24) is 20.9 Å². The van der Waals surface area contributed by atoms with Gasteiger partial charge in [-0.05, 0) is 24.8 Å². The number of urea groups is 1. The first kappa shape index (κ1) is 15.5. The summed E-state index contributed by atoms with van der Waals surface area (Å²) in [7, 11) is 1.66. The second-order valence-corrected chi connectivity index (χ2v) is 5.68. The largest absolute Gasteiger partial charge is 0.341 e. The topological polar surface area (TPSA) is 56.4 Å². The summed E-state index contributed by atoms with van der Waals surface area (Å²) >= 11 is 0. The van der Waals surface area contributed by atoms with Gasteiger partial charge in [0.05, 0.1) is 0 Å². The van der Waals surface area contributed by atoms with E-state index in [2.05, 4.69) is 27.8 Å². The summed E-state index contributed by atoms with van der Waals surface area (Å²) in [6.07, 6.45) is 2.33. The molecule has 2 heterocycles. The highest BCUT2D eigenvalue weighted by atomic mass is 35.5. The zero-order valence-electron chi connectivity index (χ0n) is 11.3. The van der Waals surface area contributed by atoms with Crippen molar-refractivity contribution in [3.05, 3.63) is 0 Å². The number of nitrogens with zero attached hydrogens (tertiary/aromatic N) is 1. The third-order valence-electron chi connectivity index (χ3n) is 3.90. The van der Waals surface area contributed by atoms with Gasteiger partial charge in [-0.1, -0.05) is 6.92 Å². The molecule has 2 aliphatic rings. The maximum Gasteiger partial charge on any atom is 0.314 e. The zero-order chi connectivity index (χ0) is 12.3. The SMILES string of the molecule is CNC(=O)NC1CCN(CC2(C)CCNC2)C1.Cl. The van der Waals surface area contributed by atoms with Gasteiger partial charge >= 0.3 is 6.03 Å². The predicted molar refractivity (Wildman–Crippen MR) is 75.3 cm³/mol. The quantitative estimate of drug-likeness (QED) is 0.700. The lowest BCUT2D eigenvalue weighted by atomic mass is 9.89. The van der Waals surface area contributed by atoms with Crippen molar-refractivity contribution >= 4 is 18.4 Å². The van der Waals surface area contributed by atoms with Crippen molar-refractivity contribution in [2.24, 2.45) is 5.41 Å². The number of hydrogen-bond donors (Lipinski definition) is 3. The molecule has 18 heavy (non-hydrogen) atoms. The number of rotatable bonds is 3. The van der Waals surface area contributed by atoms with Gasteiger partial charge in [-0.15, -0.1) is 12.4 Å². The molecule has 0 aromatic rings. The van der Waals surface area contributed by atoms with Gasteiger partial charge in [0.1, 0.15) is 0 Å². The molecule has 2 fully saturated rings. The Labute approximate surface area is 115 Å². The van der Waals surface area contributed by atoms with E-state index in [-0.39, 0.29) is 18.4 Å². The van der Waals surface area contributed by atoms with Crippen LogP contribution >= 0.6 is 12.4 Å². The fourth-order valence-electron chi connectivity index (χ4n) is 2.90. The summed E-state index contributed by atoms with van der Waals surface area (Å²) in [6, 6.07) is 0.249. The Morgan fingerprint density at radius 1 is 1.56 bits per heavy atom. The van der Waals surface area contributed by atoms with E-state index in [1.807, 2.05) is 0 Å². The van der Waals surface area contributed by atoms with Gasteiger partial charge in [0, 0.05) is 39.3 Å². The van der Waals surface area contributed by atoms with Crippen molar-refractivity contribution < 1.29 is 4.79 Å². The Morgan fingerprint density at radius 3 is 2.94 bits per heavy atom. The van der Waals surface area contributed by atoms with Crippen LogP contribution in [-0.2, 0) is 0 Å². The van der Waals surface area contributed by atoms with E-state index < -0.39 is 0 Å². The van der Waals surface area contributed by atoms with Crippen molar-refractivity contribution in [1.29, 1.82) is 0 Å². The normalized spacial score (nSPS) is 32.0. The van der Waals surface area contributed by atoms with Gasteiger partial charge in [-0.3, -0.25) is 0 Å². The third kappa shape index (κ3) is 4.00. The van der Waals surface area contributed by atoms with Crippen molar-refractivity contribution in [2.75, 3.05) is 39.8 Å². The van der Waals surface area contributed by atoms with Crippen LogP contribution in [-0.4, -0.2) is 56.7 Å². The van der Waals surface area contributed by atoms with E-state index in [1.165, 1.54) is 6.42 Å². The molecule has 6 heteroatoms. The molecule has 0 saturated carbocycles. The highest BCUT2D eigenvalue weighted by molar-refractivity contribution is 5.85. The number of halogens is 1. The van der Waals surface area contributed by atoms with Gasteiger partial charge in [-0.25, -0.2) is 4.79 Å². The molecule has 0 aromatic carbocycles. The Bertz CT molecular complexity index is 281. The van der Waals surface area contributed by atoms with E-state index in [9.17, 15) is 4.79 Å². The van der Waals surface area contributed by atoms with Crippen LogP contribution in [0, 0.1) is 5.41 Å². The van der Waals surface area contributed by atoms with Crippen LogP contribution in [0.4, 0.5) is 4.79 Å². The van der Waals surface area contributed by atoms with Gasteiger partial charge in [-0.2, -0.15) is 0 Å². The molecule has 0 radical (unpaired) electrons. The fourth-order valence-corrected chi connectivity index (χ4v) is 2.90. The Morgan fingerprint density at radius 2 is 2.33 bits per heavy atom. The van der Waals surface area contributed by atoms with Crippen LogP contribution in [0.2, 0.25) is 0 Å². The first-order valence-corrected chi connectivity index (χ1v) is 6.53. The maximum absolute atomic E-state index is 11.2. The number of carbonyl (C=O) groups is 1. The average Bonchev–Trinajstić information content (AvgIpc) is 2.89. The lowest BCUT2D eigenvalue weighted by Gasteiger charge is -2.29. The van der Waals surface area contributed by atoms with Crippen molar-refractivity contribution in [2.45, 2.75) is 25.8 Å². The molecule has 0 aromatic heterocycles. The van der Waals surface area contributed by atoms with Gasteiger partial charge in [0.15, 0.2) is 0 Å². The minimum atomic E-state index is -0.0643. The maximum atomic E-state index is 11.2. The smallest absolute Gasteiger partial charge is 0.314 e. The first-order chi connectivity index (χ1) is 8.11. The van der Waals surface area contributed by atoms with Crippen molar-refractivity contribution in [3.8, 4) is 0 Å². The molecule has 2 amide bonds. The molecule has 2 unspecified atom stereocenters. The van der Waals surface area contributed by atoms with E-state index in [0.717, 1.165) is 39.1 Å². The molecule has 0 aliphatic carbocycles. The minimum Gasteiger partial charge on any atom is -0.341 e. The highest BCUT2D eigenvalue weighted by Gasteiger charge is 2.33. The number of hydrogen-bond acceptors (Lipinski definition) is 3. The summed E-state index contributed by atoms with van der Waals surface area (Å²) in [5, 5.41) is 9.03. The summed E-state index contributed by atoms with van der Waals surface area (Å²) in [5.41, 5.74) is 0.419. The molecule has 2 rings (SSSR count). The van der Waals surface area contributed by atoms with E-state index in [1.54, 1.807) is 7.05 Å². The van der Waals surface area contributed by atoms with E-state index in [4.69, 9.17) is 0 Å². The van der Waals surface area contributed by atoms with Crippen molar-refractivity contribution in [3.63, 3.8) is 0 Å². The first-order valence-electron chi connectivity index (χ1n) is 6.53. The average molecular weight is 277 g/mol. The molecular weight excluding hydrogens is 252 g/mol. The summed E-state index contributed by atoms with van der Waals surface area (Å²) in [6.45, 7) is 7.85. The molecule has 2 aliphatic heterocycles. The van der Waals surface area contributed by atoms with Crippen LogP contribution in [0.25, 0.3) is 0 Å². The second-order valence-electron chi connectivity index (χ2n) is 5.68. The van der Waals surface area contributed by atoms with Gasteiger partial charge in [0.2, 0.25) is 0 Å². The van der Waals surface area contributed by atoms with Crippen LogP contribution in [0.15, 0.2) is 0 Å². The Hall–Kier alpha value is -0.520. The predicted octanol–water partition coefficient (Wildman–Crippen LogP) is 0.411. The third-order valence-corrected chi connectivity index (χ3v) is 3.90. The number of amides is 2. The molecule has 106 valence electrons. The van der Waals surface area contributed by atoms with E-state index >= 15 is 0 Å².